The highest BCUT2D eigenvalue weighted by Crippen LogP contribution is 2.34. The molecule has 36 heavy (non-hydrogen) atoms. The monoisotopic (exact) mass is 489 g/mol. The number of methoxy groups -OCH3 is 1. The van der Waals surface area contributed by atoms with Crippen molar-refractivity contribution in [3.63, 3.8) is 0 Å². The van der Waals surface area contributed by atoms with Crippen LogP contribution in [-0.2, 0) is 16.9 Å². The van der Waals surface area contributed by atoms with Crippen molar-refractivity contribution in [1.29, 1.82) is 0 Å². The van der Waals surface area contributed by atoms with Crippen molar-refractivity contribution in [2.45, 2.75) is 32.9 Å². The lowest BCUT2D eigenvalue weighted by Crippen LogP contribution is -2.41. The molecule has 1 atom stereocenters. The van der Waals surface area contributed by atoms with Crippen LogP contribution in [0, 0.1) is 13.8 Å². The molecule has 9 heteroatoms. The van der Waals surface area contributed by atoms with Gasteiger partial charge in [-0.15, -0.1) is 0 Å². The van der Waals surface area contributed by atoms with E-state index in [9.17, 15) is 14.4 Å². The first-order valence-electron chi connectivity index (χ1n) is 11.6. The minimum Gasteiger partial charge on any atom is -0.497 e. The number of ketones is 1. The van der Waals surface area contributed by atoms with Gasteiger partial charge in [0, 0.05) is 23.5 Å². The summed E-state index contributed by atoms with van der Waals surface area (Å²) in [5.74, 6) is 1.19. The Kier molecular flexibility index (Phi) is 5.70. The normalized spacial score (nSPS) is 18.5. The van der Waals surface area contributed by atoms with E-state index in [0.717, 1.165) is 21.9 Å². The first kappa shape index (κ1) is 23.5. The molecular weight excluding hydrogens is 462 g/mol. The van der Waals surface area contributed by atoms with Gasteiger partial charge >= 0.3 is 6.03 Å². The van der Waals surface area contributed by atoms with E-state index in [1.807, 2.05) is 36.6 Å². The molecule has 0 aliphatic carbocycles. The lowest BCUT2D eigenvalue weighted by atomic mass is 9.92. The zero-order valence-electron chi connectivity index (χ0n) is 20.6. The zero-order chi connectivity index (χ0) is 25.6. The van der Waals surface area contributed by atoms with Gasteiger partial charge < -0.3 is 24.1 Å². The van der Waals surface area contributed by atoms with Crippen molar-refractivity contribution in [3.05, 3.63) is 76.6 Å². The molecule has 0 spiro atoms. The fourth-order valence-corrected chi connectivity index (χ4v) is 4.75. The number of nitrogens with zero attached hydrogens (tertiary/aromatic N) is 2. The summed E-state index contributed by atoms with van der Waals surface area (Å²) < 4.78 is 18.1. The Balaban J connectivity index is 1.35. The molecule has 9 nitrogen and oxygen atoms in total. The fourth-order valence-electron chi connectivity index (χ4n) is 4.75. The third-order valence-corrected chi connectivity index (χ3v) is 6.88. The number of imide groups is 1. The molecule has 2 aliphatic heterocycles. The third kappa shape index (κ3) is 3.86. The molecule has 3 heterocycles. The van der Waals surface area contributed by atoms with Crippen molar-refractivity contribution in [1.82, 2.24) is 14.8 Å². The van der Waals surface area contributed by atoms with Crippen LogP contribution in [0.1, 0.15) is 39.8 Å². The second-order valence-electron chi connectivity index (χ2n) is 9.16. The SMILES string of the molecule is COc1cccc(C2(C)NC(=O)N(CC(=O)c3cc(C)n(Cc4ccc5c(c4)OCO5)c3C)C2=O)c1. The number of nitrogens with one attached hydrogen (secondary N) is 1. The highest BCUT2D eigenvalue weighted by molar-refractivity contribution is 6.11. The highest BCUT2D eigenvalue weighted by atomic mass is 16.7. The number of fused-ring (bicyclic) bond motifs is 1. The van der Waals surface area contributed by atoms with E-state index in [-0.39, 0.29) is 19.1 Å². The second kappa shape index (κ2) is 8.75. The van der Waals surface area contributed by atoms with Crippen molar-refractivity contribution in [2.75, 3.05) is 20.4 Å². The number of amides is 3. The Morgan fingerprint density at radius 2 is 1.86 bits per heavy atom. The summed E-state index contributed by atoms with van der Waals surface area (Å²) in [5.41, 5.74) is 2.43. The van der Waals surface area contributed by atoms with Gasteiger partial charge in [0.15, 0.2) is 17.3 Å². The average Bonchev–Trinajstić information content (AvgIpc) is 3.51. The van der Waals surface area contributed by atoms with E-state index in [1.54, 1.807) is 37.3 Å². The van der Waals surface area contributed by atoms with Crippen LogP contribution in [0.25, 0.3) is 0 Å². The van der Waals surface area contributed by atoms with E-state index >= 15 is 0 Å². The van der Waals surface area contributed by atoms with E-state index in [0.29, 0.717) is 34.9 Å². The molecule has 0 saturated carbocycles. The maximum atomic E-state index is 13.3. The molecule has 0 radical (unpaired) electrons. The summed E-state index contributed by atoms with van der Waals surface area (Å²) in [6.07, 6.45) is 0. The van der Waals surface area contributed by atoms with Gasteiger partial charge in [-0.25, -0.2) is 4.79 Å². The first-order chi connectivity index (χ1) is 17.2. The van der Waals surface area contributed by atoms with Crippen LogP contribution >= 0.6 is 0 Å². The molecule has 5 rings (SSSR count). The number of hydrogen-bond donors (Lipinski definition) is 1. The number of aryl methyl sites for hydroxylation is 1. The molecule has 186 valence electrons. The third-order valence-electron chi connectivity index (χ3n) is 6.88. The van der Waals surface area contributed by atoms with E-state index in [4.69, 9.17) is 14.2 Å². The predicted octanol–water partition coefficient (Wildman–Crippen LogP) is 3.54. The summed E-state index contributed by atoms with van der Waals surface area (Å²) in [6, 6.07) is 13.9. The fraction of sp³-hybridized carbons (Fsp3) is 0.296. The molecule has 1 aromatic heterocycles. The Morgan fingerprint density at radius 3 is 2.64 bits per heavy atom. The van der Waals surface area contributed by atoms with Gasteiger partial charge in [0.25, 0.3) is 5.91 Å². The van der Waals surface area contributed by atoms with Gasteiger partial charge in [-0.05, 0) is 62.2 Å². The van der Waals surface area contributed by atoms with E-state index < -0.39 is 17.5 Å². The molecule has 1 N–H and O–H groups in total. The number of carbonyl (C=O) groups is 3. The van der Waals surface area contributed by atoms with Crippen molar-refractivity contribution < 1.29 is 28.6 Å². The van der Waals surface area contributed by atoms with Crippen LogP contribution in [0.3, 0.4) is 0 Å². The minimum absolute atomic E-state index is 0.207. The van der Waals surface area contributed by atoms with Gasteiger partial charge in [0.05, 0.1) is 13.7 Å². The van der Waals surface area contributed by atoms with Gasteiger partial charge in [0.2, 0.25) is 6.79 Å². The van der Waals surface area contributed by atoms with Gasteiger partial charge in [-0.1, -0.05) is 18.2 Å². The summed E-state index contributed by atoms with van der Waals surface area (Å²) in [6.45, 7) is 5.81. The number of urea groups is 1. The summed E-state index contributed by atoms with van der Waals surface area (Å²) in [7, 11) is 1.53. The number of benzene rings is 2. The van der Waals surface area contributed by atoms with Gasteiger partial charge in [0.1, 0.15) is 11.3 Å². The standard InChI is InChI=1S/C27H27N3O6/c1-16-10-21(17(2)29(16)13-18-8-9-23-24(11-18)36-15-35-23)22(31)14-30-25(32)27(3,28-26(30)33)19-6-5-7-20(12-19)34-4/h5-12H,13-15H2,1-4H3,(H,28,33). The Hall–Kier alpha value is -4.27. The molecule has 1 fully saturated rings. The van der Waals surface area contributed by atoms with Crippen LogP contribution in [0.15, 0.2) is 48.5 Å². The number of rotatable bonds is 7. The molecule has 1 saturated heterocycles. The molecule has 2 aliphatic rings. The quantitative estimate of drug-likeness (QED) is 0.403. The van der Waals surface area contributed by atoms with Crippen molar-refractivity contribution in [3.8, 4) is 17.2 Å². The first-order valence-corrected chi connectivity index (χ1v) is 11.6. The van der Waals surface area contributed by atoms with Gasteiger partial charge in [-0.3, -0.25) is 14.5 Å². The maximum Gasteiger partial charge on any atom is 0.325 e. The number of carbonyl (C=O) groups excluding carboxylic acids is 3. The molecule has 2 aromatic carbocycles. The van der Waals surface area contributed by atoms with Crippen molar-refractivity contribution in [2.24, 2.45) is 0 Å². The van der Waals surface area contributed by atoms with Crippen molar-refractivity contribution >= 4 is 17.7 Å². The molecule has 0 bridgehead atoms. The maximum absolute atomic E-state index is 13.3. The average molecular weight is 490 g/mol. The van der Waals surface area contributed by atoms with Crippen LogP contribution in [0.2, 0.25) is 0 Å². The smallest absolute Gasteiger partial charge is 0.325 e. The summed E-state index contributed by atoms with van der Waals surface area (Å²) in [4.78, 5) is 40.4. The molecule has 1 unspecified atom stereocenters. The van der Waals surface area contributed by atoms with Gasteiger partial charge in [-0.2, -0.15) is 0 Å². The molecule has 3 amide bonds. The van der Waals surface area contributed by atoms with Crippen LogP contribution in [0.5, 0.6) is 17.2 Å². The Labute approximate surface area is 208 Å². The van der Waals surface area contributed by atoms with E-state index in [1.165, 1.54) is 7.11 Å². The zero-order valence-corrected chi connectivity index (χ0v) is 20.6. The van der Waals surface area contributed by atoms with Crippen LogP contribution < -0.4 is 19.5 Å². The topological polar surface area (TPSA) is 99.1 Å². The molecular formula is C27H27N3O6. The number of aromatic nitrogens is 1. The van der Waals surface area contributed by atoms with Crippen LogP contribution in [-0.4, -0.2) is 47.6 Å². The lowest BCUT2D eigenvalue weighted by molar-refractivity contribution is -0.130. The van der Waals surface area contributed by atoms with Crippen LogP contribution in [0.4, 0.5) is 4.79 Å². The predicted molar refractivity (Wildman–Crippen MR) is 130 cm³/mol. The molecule has 3 aromatic rings. The Bertz CT molecular complexity index is 1390. The summed E-state index contributed by atoms with van der Waals surface area (Å²) in [5, 5.41) is 2.74. The minimum atomic E-state index is -1.29. The Morgan fingerprint density at radius 1 is 1.08 bits per heavy atom. The van der Waals surface area contributed by atoms with E-state index in [2.05, 4.69) is 5.32 Å². The highest BCUT2D eigenvalue weighted by Gasteiger charge is 2.49. The lowest BCUT2D eigenvalue weighted by Gasteiger charge is -2.22. The number of ether oxygens (including phenoxy) is 3. The summed E-state index contributed by atoms with van der Waals surface area (Å²) >= 11 is 0. The number of Topliss-reactive ketones (excluding diaryl/α,β-unsaturated/α-hetero) is 1. The number of hydrogen-bond acceptors (Lipinski definition) is 6. The largest absolute Gasteiger partial charge is 0.497 e. The second-order valence-corrected chi connectivity index (χ2v) is 9.16.